The Hall–Kier alpha value is -1.71. The highest BCUT2D eigenvalue weighted by Gasteiger charge is 2.23. The maximum Gasteiger partial charge on any atom is 0.326 e. The summed E-state index contributed by atoms with van der Waals surface area (Å²) < 4.78 is 5.11. The van der Waals surface area contributed by atoms with Crippen molar-refractivity contribution in [1.29, 1.82) is 0 Å². The first-order valence-corrected chi connectivity index (χ1v) is 4.87. The third kappa shape index (κ3) is 1.88. The molecule has 4 nitrogen and oxygen atoms in total. The molecule has 0 radical (unpaired) electrons. The molecule has 1 unspecified atom stereocenters. The van der Waals surface area contributed by atoms with E-state index in [2.05, 4.69) is 5.32 Å². The molecule has 0 aliphatic carbocycles. The van der Waals surface area contributed by atoms with Crippen molar-refractivity contribution in [2.45, 2.75) is 18.9 Å². The minimum absolute atomic E-state index is 0.467. The molecule has 2 N–H and O–H groups in total. The van der Waals surface area contributed by atoms with E-state index < -0.39 is 12.0 Å². The molecule has 0 fully saturated rings. The highest BCUT2D eigenvalue weighted by atomic mass is 16.5. The number of benzene rings is 1. The summed E-state index contributed by atoms with van der Waals surface area (Å²) in [6.45, 7) is 0. The van der Waals surface area contributed by atoms with Crippen molar-refractivity contribution in [1.82, 2.24) is 0 Å². The van der Waals surface area contributed by atoms with E-state index in [1.807, 2.05) is 18.2 Å². The van der Waals surface area contributed by atoms with E-state index in [4.69, 9.17) is 9.84 Å². The first kappa shape index (κ1) is 9.83. The predicted octanol–water partition coefficient (Wildman–Crippen LogP) is 1.51. The van der Waals surface area contributed by atoms with Gasteiger partial charge in [0.15, 0.2) is 0 Å². The van der Waals surface area contributed by atoms with Gasteiger partial charge >= 0.3 is 5.97 Å². The number of nitrogens with one attached hydrogen (secondary N) is 1. The highest BCUT2D eigenvalue weighted by Crippen LogP contribution is 2.28. The summed E-state index contributed by atoms with van der Waals surface area (Å²) in [5, 5.41) is 11.9. The largest absolute Gasteiger partial charge is 0.497 e. The molecule has 1 aromatic rings. The van der Waals surface area contributed by atoms with Gasteiger partial charge in [0.1, 0.15) is 11.8 Å². The SMILES string of the molecule is COc1ccc2c(c1)CCC(C(=O)O)N2. The van der Waals surface area contributed by atoms with E-state index >= 15 is 0 Å². The molecular formula is C11H13NO3. The van der Waals surface area contributed by atoms with Crippen molar-refractivity contribution in [3.8, 4) is 5.75 Å². The van der Waals surface area contributed by atoms with Crippen molar-refractivity contribution in [3.63, 3.8) is 0 Å². The van der Waals surface area contributed by atoms with Gasteiger partial charge in [-0.3, -0.25) is 0 Å². The van der Waals surface area contributed by atoms with Crippen LogP contribution >= 0.6 is 0 Å². The summed E-state index contributed by atoms with van der Waals surface area (Å²) in [5.74, 6) is 0.0146. The summed E-state index contributed by atoms with van der Waals surface area (Å²) in [4.78, 5) is 10.8. The van der Waals surface area contributed by atoms with Gasteiger partial charge in [-0.05, 0) is 36.6 Å². The number of carboxylic acid groups (broad SMARTS) is 1. The van der Waals surface area contributed by atoms with Gasteiger partial charge in [0.25, 0.3) is 0 Å². The fourth-order valence-corrected chi connectivity index (χ4v) is 1.79. The standard InChI is InChI=1S/C11H13NO3/c1-15-8-3-5-9-7(6-8)2-4-10(12-9)11(13)14/h3,5-6,10,12H,2,4H2,1H3,(H,13,14). The van der Waals surface area contributed by atoms with Crippen LogP contribution in [-0.2, 0) is 11.2 Å². The van der Waals surface area contributed by atoms with E-state index in [0.717, 1.165) is 23.4 Å². The Morgan fingerprint density at radius 3 is 3.07 bits per heavy atom. The zero-order valence-corrected chi connectivity index (χ0v) is 8.49. The van der Waals surface area contributed by atoms with Crippen molar-refractivity contribution in [3.05, 3.63) is 23.8 Å². The summed E-state index contributed by atoms with van der Waals surface area (Å²) in [6.07, 6.45) is 1.39. The Morgan fingerprint density at radius 2 is 2.40 bits per heavy atom. The lowest BCUT2D eigenvalue weighted by molar-refractivity contribution is -0.138. The molecule has 1 aromatic carbocycles. The average molecular weight is 207 g/mol. The number of hydrogen-bond acceptors (Lipinski definition) is 3. The number of ether oxygens (including phenoxy) is 1. The van der Waals surface area contributed by atoms with E-state index in [1.165, 1.54) is 0 Å². The molecular weight excluding hydrogens is 194 g/mol. The van der Waals surface area contributed by atoms with Crippen LogP contribution in [0.1, 0.15) is 12.0 Å². The number of carbonyl (C=O) groups is 1. The number of hydrogen-bond donors (Lipinski definition) is 2. The summed E-state index contributed by atoms with van der Waals surface area (Å²) in [6, 6.07) is 5.17. The van der Waals surface area contributed by atoms with Gasteiger partial charge in [0, 0.05) is 5.69 Å². The molecule has 1 heterocycles. The molecule has 1 aliphatic heterocycles. The van der Waals surface area contributed by atoms with Crippen LogP contribution < -0.4 is 10.1 Å². The predicted molar refractivity (Wildman–Crippen MR) is 56.4 cm³/mol. The quantitative estimate of drug-likeness (QED) is 0.771. The molecule has 4 heteroatoms. The Morgan fingerprint density at radius 1 is 1.60 bits per heavy atom. The van der Waals surface area contributed by atoms with Crippen molar-refractivity contribution >= 4 is 11.7 Å². The Balaban J connectivity index is 2.24. The first-order valence-electron chi connectivity index (χ1n) is 4.87. The Labute approximate surface area is 87.9 Å². The number of aliphatic carboxylic acids is 1. The lowest BCUT2D eigenvalue weighted by Gasteiger charge is -2.24. The Bertz CT molecular complexity index is 389. The topological polar surface area (TPSA) is 58.6 Å². The fourth-order valence-electron chi connectivity index (χ4n) is 1.79. The van der Waals surface area contributed by atoms with Crippen LogP contribution in [0, 0.1) is 0 Å². The van der Waals surface area contributed by atoms with Gasteiger partial charge in [-0.15, -0.1) is 0 Å². The third-order valence-electron chi connectivity index (χ3n) is 2.64. The van der Waals surface area contributed by atoms with Gasteiger partial charge in [0.05, 0.1) is 7.11 Å². The first-order chi connectivity index (χ1) is 7.20. The maximum absolute atomic E-state index is 10.8. The van der Waals surface area contributed by atoms with Crippen LogP contribution in [0.15, 0.2) is 18.2 Å². The minimum atomic E-state index is -0.795. The number of carboxylic acids is 1. The second-order valence-electron chi connectivity index (χ2n) is 3.60. The smallest absolute Gasteiger partial charge is 0.326 e. The second kappa shape index (κ2) is 3.81. The van der Waals surface area contributed by atoms with E-state index in [-0.39, 0.29) is 0 Å². The number of rotatable bonds is 2. The van der Waals surface area contributed by atoms with Crippen molar-refractivity contribution in [2.24, 2.45) is 0 Å². The molecule has 1 atom stereocenters. The summed E-state index contributed by atoms with van der Waals surface area (Å²) in [5.41, 5.74) is 2.02. The molecule has 0 saturated heterocycles. The van der Waals surface area contributed by atoms with Gasteiger partial charge in [-0.25, -0.2) is 4.79 Å². The van der Waals surface area contributed by atoms with Gasteiger partial charge in [-0.2, -0.15) is 0 Å². The number of anilines is 1. The zero-order valence-electron chi connectivity index (χ0n) is 8.49. The monoisotopic (exact) mass is 207 g/mol. The molecule has 0 amide bonds. The molecule has 80 valence electrons. The third-order valence-corrected chi connectivity index (χ3v) is 2.64. The maximum atomic E-state index is 10.8. The number of methoxy groups -OCH3 is 1. The lowest BCUT2D eigenvalue weighted by Crippen LogP contribution is -2.33. The van der Waals surface area contributed by atoms with Gasteiger partial charge in [-0.1, -0.05) is 0 Å². The van der Waals surface area contributed by atoms with Crippen LogP contribution in [0.5, 0.6) is 5.75 Å². The van der Waals surface area contributed by atoms with Crippen LogP contribution in [0.2, 0.25) is 0 Å². The van der Waals surface area contributed by atoms with Crippen LogP contribution in [0.3, 0.4) is 0 Å². The summed E-state index contributed by atoms with van der Waals surface area (Å²) >= 11 is 0. The van der Waals surface area contributed by atoms with Crippen molar-refractivity contribution < 1.29 is 14.6 Å². The number of fused-ring (bicyclic) bond motifs is 1. The van der Waals surface area contributed by atoms with E-state index in [9.17, 15) is 4.79 Å². The van der Waals surface area contributed by atoms with Crippen molar-refractivity contribution in [2.75, 3.05) is 12.4 Å². The van der Waals surface area contributed by atoms with Crippen LogP contribution in [-0.4, -0.2) is 24.2 Å². The highest BCUT2D eigenvalue weighted by molar-refractivity contribution is 5.79. The Kier molecular flexibility index (Phi) is 2.49. The summed E-state index contributed by atoms with van der Waals surface area (Å²) in [7, 11) is 1.62. The molecule has 0 spiro atoms. The molecule has 0 bridgehead atoms. The zero-order chi connectivity index (χ0) is 10.8. The minimum Gasteiger partial charge on any atom is -0.497 e. The lowest BCUT2D eigenvalue weighted by atomic mass is 9.98. The number of aryl methyl sites for hydroxylation is 1. The van der Waals surface area contributed by atoms with E-state index in [0.29, 0.717) is 6.42 Å². The molecule has 2 rings (SSSR count). The van der Waals surface area contributed by atoms with Gasteiger partial charge < -0.3 is 15.2 Å². The van der Waals surface area contributed by atoms with E-state index in [1.54, 1.807) is 7.11 Å². The van der Waals surface area contributed by atoms with Crippen LogP contribution in [0.25, 0.3) is 0 Å². The van der Waals surface area contributed by atoms with Gasteiger partial charge in [0.2, 0.25) is 0 Å². The fraction of sp³-hybridized carbons (Fsp3) is 0.364. The second-order valence-corrected chi connectivity index (χ2v) is 3.60. The molecule has 0 saturated carbocycles. The molecule has 0 aromatic heterocycles. The average Bonchev–Trinajstić information content (AvgIpc) is 2.27. The normalized spacial score (nSPS) is 18.9. The molecule has 1 aliphatic rings. The molecule has 15 heavy (non-hydrogen) atoms. The van der Waals surface area contributed by atoms with Crippen LogP contribution in [0.4, 0.5) is 5.69 Å².